The molecule has 3 saturated heterocycles. The lowest BCUT2D eigenvalue weighted by atomic mass is 9.37. The molecule has 6 aliphatic rings. The van der Waals surface area contributed by atoms with Crippen molar-refractivity contribution in [3.8, 4) is 0 Å². The molecule has 3 heterocycles. The Morgan fingerprint density at radius 1 is 1.00 bits per heavy atom. The van der Waals surface area contributed by atoms with Crippen LogP contribution in [0.4, 0.5) is 0 Å². The second-order valence-corrected chi connectivity index (χ2v) is 14.9. The lowest BCUT2D eigenvalue weighted by Gasteiger charge is -2.69. The van der Waals surface area contributed by atoms with Crippen LogP contribution in [0.3, 0.4) is 0 Å². The van der Waals surface area contributed by atoms with Crippen molar-refractivity contribution in [2.45, 2.75) is 113 Å². The normalized spacial score (nSPS) is 52.3. The molecule has 18 atom stereocenters. The van der Waals surface area contributed by atoms with Crippen molar-refractivity contribution >= 4 is 17.9 Å². The van der Waals surface area contributed by atoms with Crippen molar-refractivity contribution < 1.29 is 78.6 Å². The highest BCUT2D eigenvalue weighted by atomic mass is 16.7. The molecule has 6 rings (SSSR count). The minimum atomic E-state index is -2.30. The van der Waals surface area contributed by atoms with Crippen molar-refractivity contribution in [3.05, 3.63) is 11.6 Å². The fourth-order valence-corrected chi connectivity index (χ4v) is 10.3. The van der Waals surface area contributed by atoms with Gasteiger partial charge in [0.25, 0.3) is 0 Å². The molecule has 3 aliphatic heterocycles. The Kier molecular flexibility index (Phi) is 9.05. The number of rotatable bonds is 6. The third kappa shape index (κ3) is 4.75. The molecule has 16 nitrogen and oxygen atoms in total. The summed E-state index contributed by atoms with van der Waals surface area (Å²) in [7, 11) is 1.07. The fraction of sp³-hybridized carbons (Fsp3) is 0.844. The van der Waals surface area contributed by atoms with Crippen molar-refractivity contribution in [2.24, 2.45) is 34.5 Å². The Hall–Kier alpha value is -2.25. The van der Waals surface area contributed by atoms with Crippen LogP contribution in [0.2, 0.25) is 0 Å². The molecule has 7 N–H and O–H groups in total. The van der Waals surface area contributed by atoms with Gasteiger partial charge in [-0.25, -0.2) is 14.4 Å². The maximum absolute atomic E-state index is 13.7. The van der Waals surface area contributed by atoms with Crippen molar-refractivity contribution in [1.29, 1.82) is 0 Å². The van der Waals surface area contributed by atoms with Gasteiger partial charge in [0.15, 0.2) is 6.29 Å². The van der Waals surface area contributed by atoms with Gasteiger partial charge in [-0.1, -0.05) is 19.4 Å². The zero-order valence-corrected chi connectivity index (χ0v) is 27.4. The summed E-state index contributed by atoms with van der Waals surface area (Å²) in [6.07, 6.45) is -15.2. The Balaban J connectivity index is 1.43. The van der Waals surface area contributed by atoms with Gasteiger partial charge >= 0.3 is 17.9 Å². The van der Waals surface area contributed by atoms with Crippen LogP contribution in [-0.2, 0) is 42.8 Å². The molecule has 0 aromatic rings. The number of aliphatic hydroxyl groups excluding tert-OH is 7. The third-order valence-corrected chi connectivity index (χ3v) is 12.2. The van der Waals surface area contributed by atoms with E-state index in [1.54, 1.807) is 20.8 Å². The lowest BCUT2D eigenvalue weighted by Crippen LogP contribution is -2.80. The van der Waals surface area contributed by atoms with Crippen LogP contribution >= 0.6 is 0 Å². The molecule has 0 radical (unpaired) electrons. The number of carbonyl (C=O) groups excluding carboxylic acids is 3. The van der Waals surface area contributed by atoms with Crippen molar-refractivity contribution in [2.75, 3.05) is 20.3 Å². The molecule has 270 valence electrons. The molecule has 3 aliphatic carbocycles. The van der Waals surface area contributed by atoms with Crippen LogP contribution in [0.25, 0.3) is 0 Å². The number of carbonyl (C=O) groups is 3. The van der Waals surface area contributed by atoms with E-state index < -0.39 is 132 Å². The van der Waals surface area contributed by atoms with Gasteiger partial charge in [-0.3, -0.25) is 0 Å². The van der Waals surface area contributed by atoms with E-state index in [1.807, 2.05) is 6.92 Å². The van der Waals surface area contributed by atoms with E-state index in [0.717, 1.165) is 7.11 Å². The average molecular weight is 687 g/mol. The zero-order valence-electron chi connectivity index (χ0n) is 27.4. The van der Waals surface area contributed by atoms with Gasteiger partial charge in [0.1, 0.15) is 36.6 Å². The van der Waals surface area contributed by atoms with Crippen LogP contribution in [0.1, 0.15) is 40.5 Å². The van der Waals surface area contributed by atoms with Gasteiger partial charge in [0.05, 0.1) is 44.6 Å². The fourth-order valence-electron chi connectivity index (χ4n) is 10.3. The third-order valence-electron chi connectivity index (χ3n) is 12.2. The number of methoxy groups -OCH3 is 1. The summed E-state index contributed by atoms with van der Waals surface area (Å²) >= 11 is 0. The summed E-state index contributed by atoms with van der Waals surface area (Å²) < 4.78 is 34.6. The quantitative estimate of drug-likeness (QED) is 0.0650. The van der Waals surface area contributed by atoms with E-state index in [0.29, 0.717) is 5.57 Å². The van der Waals surface area contributed by atoms with E-state index in [1.165, 1.54) is 6.08 Å². The summed E-state index contributed by atoms with van der Waals surface area (Å²) in [5.41, 5.74) is -4.17. The average Bonchev–Trinajstić information content (AvgIpc) is 3.34. The highest BCUT2D eigenvalue weighted by Crippen LogP contribution is 2.73. The molecular formula is C32H46O16. The summed E-state index contributed by atoms with van der Waals surface area (Å²) in [6.45, 7) is 5.91. The van der Waals surface area contributed by atoms with Crippen LogP contribution in [0, 0.1) is 34.5 Å². The highest BCUT2D eigenvalue weighted by Gasteiger charge is 2.85. The second kappa shape index (κ2) is 12.2. The number of esters is 3. The smallest absolute Gasteiger partial charge is 0.348 e. The Morgan fingerprint density at radius 2 is 1.69 bits per heavy atom. The first-order chi connectivity index (χ1) is 22.5. The Morgan fingerprint density at radius 3 is 2.31 bits per heavy atom. The standard InChI is InChI=1S/C32H46O16/c1-11(2)6-17(34)48-23-25-31-10-44-32(25,29(42)43-5)26(40)22(39)24(31)30(4)8-14(18(35)12(3)13(30)7-16(31)47-27(23)41)45-28-21(38)20(37)19(36)15(9-33)46-28/h6,12-16,18-26,28,33,35-40H,7-10H2,1-5H3/t12-,13-,14+,15+,16+,18-,19+,20-,21+,22+,23+,24+,25+,26-,28+,30-,31+,32-/m0/s1. The minimum absolute atomic E-state index is 0.0186. The van der Waals surface area contributed by atoms with E-state index in [-0.39, 0.29) is 19.4 Å². The number of aliphatic hydroxyl groups is 7. The monoisotopic (exact) mass is 686 g/mol. The van der Waals surface area contributed by atoms with Gasteiger partial charge in [-0.05, 0) is 43.9 Å². The predicted octanol–water partition coefficient (Wildman–Crippen LogP) is -2.70. The molecule has 1 spiro atoms. The van der Waals surface area contributed by atoms with E-state index >= 15 is 0 Å². The van der Waals surface area contributed by atoms with Gasteiger partial charge in [-0.15, -0.1) is 0 Å². The maximum atomic E-state index is 13.7. The van der Waals surface area contributed by atoms with Gasteiger partial charge < -0.3 is 64.2 Å². The molecule has 0 aromatic heterocycles. The van der Waals surface area contributed by atoms with Crippen molar-refractivity contribution in [1.82, 2.24) is 0 Å². The first-order valence-corrected chi connectivity index (χ1v) is 16.3. The second-order valence-electron chi connectivity index (χ2n) is 14.9. The molecule has 0 aromatic carbocycles. The molecular weight excluding hydrogens is 640 g/mol. The molecule has 6 fully saturated rings. The summed E-state index contributed by atoms with van der Waals surface area (Å²) in [5, 5.41) is 76.4. The number of ether oxygens (including phenoxy) is 6. The molecule has 0 unspecified atom stereocenters. The number of hydrogen-bond acceptors (Lipinski definition) is 16. The molecule has 3 saturated carbocycles. The molecule has 0 amide bonds. The zero-order chi connectivity index (χ0) is 35.2. The van der Waals surface area contributed by atoms with Gasteiger partial charge in [0, 0.05) is 17.4 Å². The van der Waals surface area contributed by atoms with E-state index in [4.69, 9.17) is 28.4 Å². The topological polar surface area (TPSA) is 248 Å². The molecule has 2 bridgehead atoms. The molecule has 48 heavy (non-hydrogen) atoms. The lowest BCUT2D eigenvalue weighted by molar-refractivity contribution is -0.340. The van der Waals surface area contributed by atoms with E-state index in [9.17, 15) is 50.1 Å². The van der Waals surface area contributed by atoms with Crippen LogP contribution in [0.5, 0.6) is 0 Å². The summed E-state index contributed by atoms with van der Waals surface area (Å²) in [5.74, 6) is -6.29. The number of hydrogen-bond donors (Lipinski definition) is 7. The van der Waals surface area contributed by atoms with Crippen LogP contribution < -0.4 is 0 Å². The first-order valence-electron chi connectivity index (χ1n) is 16.3. The van der Waals surface area contributed by atoms with Gasteiger partial charge in [0.2, 0.25) is 11.7 Å². The highest BCUT2D eigenvalue weighted by molar-refractivity contribution is 5.89. The maximum Gasteiger partial charge on any atom is 0.348 e. The van der Waals surface area contributed by atoms with Crippen LogP contribution in [-0.4, -0.2) is 147 Å². The van der Waals surface area contributed by atoms with E-state index in [2.05, 4.69) is 0 Å². The summed E-state index contributed by atoms with van der Waals surface area (Å²) in [4.78, 5) is 40.2. The minimum Gasteiger partial charge on any atom is -0.467 e. The Labute approximate surface area is 276 Å². The van der Waals surface area contributed by atoms with Crippen molar-refractivity contribution in [3.63, 3.8) is 0 Å². The summed E-state index contributed by atoms with van der Waals surface area (Å²) in [6, 6.07) is 0. The largest absolute Gasteiger partial charge is 0.467 e. The first kappa shape index (κ1) is 35.6. The number of allylic oxidation sites excluding steroid dienone is 1. The SMILES string of the molecule is COC(=O)[C@@]12OC[C@]34[C@H]([C@@H](O)[C@@H]1O)[C@@]1(C)C[C@@H](O[C@@H]5O[C@H](CO)[C@@H](O)[C@H](O)[C@H]5O)[C@@H](O)[C@@H](C)[C@@H]1C[C@H]3OC(=O)[C@H](OC(=O)C=C(C)C)[C@@H]24. The predicted molar refractivity (Wildman–Crippen MR) is 156 cm³/mol. The number of fused-ring (bicyclic) bond motifs is 2. The van der Waals surface area contributed by atoms with Crippen LogP contribution in [0.15, 0.2) is 11.6 Å². The van der Waals surface area contributed by atoms with Gasteiger partial charge in [-0.2, -0.15) is 0 Å². The Bertz CT molecular complexity index is 1330. The molecule has 16 heteroatoms.